The quantitative estimate of drug-likeness (QED) is 0.694. The number of phenols is 1. The summed E-state index contributed by atoms with van der Waals surface area (Å²) in [7, 11) is 0. The monoisotopic (exact) mass is 362 g/mol. The van der Waals surface area contributed by atoms with Crippen LogP contribution >= 0.6 is 11.8 Å². The van der Waals surface area contributed by atoms with E-state index >= 15 is 0 Å². The van der Waals surface area contributed by atoms with Crippen molar-refractivity contribution in [3.63, 3.8) is 0 Å². The summed E-state index contributed by atoms with van der Waals surface area (Å²) in [5, 5.41) is 17.0. The summed E-state index contributed by atoms with van der Waals surface area (Å²) in [5.74, 6) is 0.236. The van der Waals surface area contributed by atoms with Gasteiger partial charge in [-0.2, -0.15) is 0 Å². The van der Waals surface area contributed by atoms with Crippen LogP contribution < -0.4 is 10.6 Å². The Hall–Kier alpha value is -1.62. The van der Waals surface area contributed by atoms with Crippen molar-refractivity contribution in [2.75, 3.05) is 6.26 Å². The SMILES string of the molecule is CSC1(C)NC(=O)C(=Cc2cc(C(C)(C)C)c(O)c(C(C)(C)C)c2)N1. The van der Waals surface area contributed by atoms with Crippen LogP contribution in [0.25, 0.3) is 6.08 Å². The molecular weight excluding hydrogens is 332 g/mol. The van der Waals surface area contributed by atoms with Gasteiger partial charge in [0.15, 0.2) is 4.99 Å². The second-order valence-electron chi connectivity index (χ2n) is 8.84. The van der Waals surface area contributed by atoms with E-state index in [0.717, 1.165) is 16.7 Å². The molecule has 1 saturated heterocycles. The van der Waals surface area contributed by atoms with Crippen molar-refractivity contribution < 1.29 is 9.90 Å². The molecule has 138 valence electrons. The van der Waals surface area contributed by atoms with Crippen molar-refractivity contribution in [2.45, 2.75) is 64.3 Å². The van der Waals surface area contributed by atoms with E-state index in [9.17, 15) is 9.90 Å². The van der Waals surface area contributed by atoms with Gasteiger partial charge in [-0.25, -0.2) is 0 Å². The van der Waals surface area contributed by atoms with Crippen molar-refractivity contribution in [1.29, 1.82) is 0 Å². The van der Waals surface area contributed by atoms with Crippen molar-refractivity contribution in [3.05, 3.63) is 34.5 Å². The summed E-state index contributed by atoms with van der Waals surface area (Å²) in [6, 6.07) is 3.95. The summed E-state index contributed by atoms with van der Waals surface area (Å²) in [6.07, 6.45) is 3.81. The maximum atomic E-state index is 12.3. The molecule has 1 aromatic rings. The number of phenolic OH excluding ortho intramolecular Hbond substituents is 1. The predicted octanol–water partition coefficient (Wildman–Crippen LogP) is 4.08. The summed E-state index contributed by atoms with van der Waals surface area (Å²) < 4.78 is 0. The predicted molar refractivity (Wildman–Crippen MR) is 107 cm³/mol. The molecule has 0 bridgehead atoms. The van der Waals surface area contributed by atoms with Gasteiger partial charge in [0.2, 0.25) is 0 Å². The molecule has 1 unspecified atom stereocenters. The zero-order chi connectivity index (χ0) is 19.2. The highest BCUT2D eigenvalue weighted by Crippen LogP contribution is 2.40. The van der Waals surface area contributed by atoms with Gasteiger partial charge in [0.25, 0.3) is 5.91 Å². The first-order valence-corrected chi connectivity index (χ1v) is 9.75. The molecule has 1 atom stereocenters. The molecule has 0 radical (unpaired) electrons. The van der Waals surface area contributed by atoms with Crippen LogP contribution in [0.3, 0.4) is 0 Å². The van der Waals surface area contributed by atoms with E-state index in [1.165, 1.54) is 0 Å². The molecule has 0 spiro atoms. The molecule has 1 amide bonds. The topological polar surface area (TPSA) is 61.4 Å². The largest absolute Gasteiger partial charge is 0.507 e. The smallest absolute Gasteiger partial charge is 0.269 e. The van der Waals surface area contributed by atoms with Crippen molar-refractivity contribution in [2.24, 2.45) is 0 Å². The van der Waals surface area contributed by atoms with E-state index in [4.69, 9.17) is 0 Å². The third-order valence-electron chi connectivity index (χ3n) is 4.44. The van der Waals surface area contributed by atoms with E-state index in [1.807, 2.05) is 31.4 Å². The fraction of sp³-hybridized carbons (Fsp3) is 0.550. The van der Waals surface area contributed by atoms with Gasteiger partial charge in [-0.05, 0) is 47.8 Å². The van der Waals surface area contributed by atoms with Crippen LogP contribution in [-0.2, 0) is 15.6 Å². The van der Waals surface area contributed by atoms with Gasteiger partial charge in [0.05, 0.1) is 0 Å². The number of aromatic hydroxyl groups is 1. The molecule has 2 rings (SSSR count). The Bertz CT molecular complexity index is 691. The van der Waals surface area contributed by atoms with Gasteiger partial charge in [-0.15, -0.1) is 11.8 Å². The molecule has 5 heteroatoms. The molecule has 1 aliphatic rings. The average molecular weight is 363 g/mol. The van der Waals surface area contributed by atoms with Gasteiger partial charge in [0, 0.05) is 11.1 Å². The molecule has 0 aliphatic carbocycles. The highest BCUT2D eigenvalue weighted by Gasteiger charge is 2.35. The first-order chi connectivity index (χ1) is 11.3. The Morgan fingerprint density at radius 1 is 1.04 bits per heavy atom. The number of rotatable bonds is 2. The van der Waals surface area contributed by atoms with Crippen LogP contribution in [0.15, 0.2) is 17.8 Å². The number of hydrogen-bond acceptors (Lipinski definition) is 4. The van der Waals surface area contributed by atoms with Gasteiger partial charge < -0.3 is 15.7 Å². The van der Waals surface area contributed by atoms with E-state index in [0.29, 0.717) is 11.4 Å². The van der Waals surface area contributed by atoms with Crippen molar-refractivity contribution in [3.8, 4) is 5.75 Å². The van der Waals surface area contributed by atoms with Crippen molar-refractivity contribution in [1.82, 2.24) is 10.6 Å². The van der Waals surface area contributed by atoms with E-state index in [-0.39, 0.29) is 16.7 Å². The summed E-state index contributed by atoms with van der Waals surface area (Å²) in [6.45, 7) is 14.4. The van der Waals surface area contributed by atoms with E-state index < -0.39 is 4.99 Å². The Balaban J connectivity index is 2.60. The fourth-order valence-electron chi connectivity index (χ4n) is 2.88. The third kappa shape index (κ3) is 4.14. The number of carbonyl (C=O) groups is 1. The lowest BCUT2D eigenvalue weighted by Crippen LogP contribution is -2.42. The maximum absolute atomic E-state index is 12.3. The van der Waals surface area contributed by atoms with Crippen LogP contribution in [0.1, 0.15) is 65.2 Å². The van der Waals surface area contributed by atoms with Gasteiger partial charge in [-0.1, -0.05) is 41.5 Å². The highest BCUT2D eigenvalue weighted by atomic mass is 32.2. The van der Waals surface area contributed by atoms with Gasteiger partial charge in [-0.3, -0.25) is 4.79 Å². The number of hydrogen-bond donors (Lipinski definition) is 3. The fourth-order valence-corrected chi connectivity index (χ4v) is 3.29. The summed E-state index contributed by atoms with van der Waals surface area (Å²) in [4.78, 5) is 11.8. The lowest BCUT2D eigenvalue weighted by atomic mass is 9.78. The molecule has 4 nitrogen and oxygen atoms in total. The maximum Gasteiger partial charge on any atom is 0.269 e. The zero-order valence-corrected chi connectivity index (χ0v) is 17.3. The van der Waals surface area contributed by atoms with Gasteiger partial charge >= 0.3 is 0 Å². The highest BCUT2D eigenvalue weighted by molar-refractivity contribution is 7.99. The number of benzene rings is 1. The Labute approximate surface area is 155 Å². The van der Waals surface area contributed by atoms with E-state index in [1.54, 1.807) is 11.8 Å². The molecule has 1 aliphatic heterocycles. The molecule has 1 heterocycles. The Kier molecular flexibility index (Phi) is 4.94. The van der Waals surface area contributed by atoms with E-state index in [2.05, 4.69) is 52.2 Å². The Morgan fingerprint density at radius 3 is 1.88 bits per heavy atom. The van der Waals surface area contributed by atoms with Crippen molar-refractivity contribution >= 4 is 23.7 Å². The van der Waals surface area contributed by atoms with Crippen LogP contribution in [-0.4, -0.2) is 22.3 Å². The Morgan fingerprint density at radius 2 is 1.52 bits per heavy atom. The minimum absolute atomic E-state index is 0.112. The minimum atomic E-state index is -0.487. The number of nitrogens with one attached hydrogen (secondary N) is 2. The molecular formula is C20H30N2O2S. The van der Waals surface area contributed by atoms with Crippen LogP contribution in [0.4, 0.5) is 0 Å². The van der Waals surface area contributed by atoms with Gasteiger partial charge in [0.1, 0.15) is 11.4 Å². The number of thioether (sulfide) groups is 1. The molecule has 25 heavy (non-hydrogen) atoms. The summed E-state index contributed by atoms with van der Waals surface area (Å²) in [5.41, 5.74) is 2.84. The molecule has 0 saturated carbocycles. The molecule has 1 fully saturated rings. The minimum Gasteiger partial charge on any atom is -0.507 e. The number of carbonyl (C=O) groups excluding carboxylic acids is 1. The average Bonchev–Trinajstić information content (AvgIpc) is 2.73. The first-order valence-electron chi connectivity index (χ1n) is 8.52. The van der Waals surface area contributed by atoms with Crippen LogP contribution in [0.5, 0.6) is 5.75 Å². The van der Waals surface area contributed by atoms with Crippen LogP contribution in [0.2, 0.25) is 0 Å². The normalized spacial score (nSPS) is 22.9. The second kappa shape index (κ2) is 6.27. The lowest BCUT2D eigenvalue weighted by Gasteiger charge is -2.28. The number of amides is 1. The zero-order valence-electron chi connectivity index (χ0n) is 16.5. The second-order valence-corrected chi connectivity index (χ2v) is 10.1. The molecule has 1 aromatic carbocycles. The lowest BCUT2D eigenvalue weighted by molar-refractivity contribution is -0.116. The third-order valence-corrected chi connectivity index (χ3v) is 5.46. The molecule has 3 N–H and O–H groups in total. The summed E-state index contributed by atoms with van der Waals surface area (Å²) >= 11 is 1.55. The standard InChI is InChI=1S/C20H30N2O2S/c1-18(2,3)13-9-12(10-14(16(13)23)19(4,5)6)11-15-17(24)22-20(7,21-15)25-8/h9-11,21,23H,1-8H3,(H,22,24). The first kappa shape index (κ1) is 19.7. The molecule has 0 aromatic heterocycles. The van der Waals surface area contributed by atoms with Crippen LogP contribution in [0, 0.1) is 0 Å².